The lowest BCUT2D eigenvalue weighted by Gasteiger charge is -2.31. The molecule has 1 atom stereocenters. The highest BCUT2D eigenvalue weighted by Gasteiger charge is 2.18. The molecule has 2 N–H and O–H groups in total. The first-order valence-electron chi connectivity index (χ1n) is 7.35. The molecule has 3 rings (SSSR count). The number of hydrogen-bond donors (Lipinski definition) is 1. The molecular formula is C15H20N6O. The van der Waals surface area contributed by atoms with Crippen LogP contribution in [0.1, 0.15) is 12.7 Å². The van der Waals surface area contributed by atoms with E-state index in [1.807, 2.05) is 42.2 Å². The number of aliphatic imine (C=N–C) groups is 1. The van der Waals surface area contributed by atoms with Crippen molar-refractivity contribution in [3.8, 4) is 5.69 Å². The number of morpholine rings is 1. The molecule has 1 saturated heterocycles. The van der Waals surface area contributed by atoms with Crippen LogP contribution in [0.2, 0.25) is 0 Å². The first-order valence-corrected chi connectivity index (χ1v) is 7.35. The first-order chi connectivity index (χ1) is 10.7. The molecule has 1 unspecified atom stereocenters. The summed E-state index contributed by atoms with van der Waals surface area (Å²) < 4.78 is 7.23. The predicted octanol–water partition coefficient (Wildman–Crippen LogP) is 0.803. The van der Waals surface area contributed by atoms with Crippen molar-refractivity contribution >= 4 is 5.96 Å². The van der Waals surface area contributed by atoms with Crippen LogP contribution in [0.25, 0.3) is 5.69 Å². The van der Waals surface area contributed by atoms with Crippen molar-refractivity contribution in [2.24, 2.45) is 10.7 Å². The molecule has 0 spiro atoms. The fourth-order valence-corrected chi connectivity index (χ4v) is 2.35. The van der Waals surface area contributed by atoms with E-state index in [4.69, 9.17) is 10.5 Å². The summed E-state index contributed by atoms with van der Waals surface area (Å²) in [5.41, 5.74) is 7.01. The number of guanidine groups is 1. The van der Waals surface area contributed by atoms with Crippen molar-refractivity contribution < 1.29 is 4.74 Å². The second-order valence-corrected chi connectivity index (χ2v) is 5.24. The van der Waals surface area contributed by atoms with Gasteiger partial charge in [0.25, 0.3) is 0 Å². The summed E-state index contributed by atoms with van der Waals surface area (Å²) in [5.74, 6) is 1.17. The van der Waals surface area contributed by atoms with Gasteiger partial charge in [-0.25, -0.2) is 14.7 Å². The molecule has 116 valence electrons. The van der Waals surface area contributed by atoms with E-state index in [0.29, 0.717) is 24.9 Å². The first kappa shape index (κ1) is 14.5. The average Bonchev–Trinajstić information content (AvgIpc) is 3.02. The zero-order chi connectivity index (χ0) is 15.4. The molecule has 1 fully saturated rings. The maximum absolute atomic E-state index is 6.03. The van der Waals surface area contributed by atoms with Crippen LogP contribution in [-0.4, -0.2) is 51.4 Å². The predicted molar refractivity (Wildman–Crippen MR) is 83.7 cm³/mol. The Hall–Kier alpha value is -2.41. The van der Waals surface area contributed by atoms with Crippen molar-refractivity contribution in [1.82, 2.24) is 19.7 Å². The van der Waals surface area contributed by atoms with Crippen molar-refractivity contribution in [3.63, 3.8) is 0 Å². The molecule has 1 aromatic heterocycles. The Morgan fingerprint density at radius 1 is 1.41 bits per heavy atom. The van der Waals surface area contributed by atoms with Gasteiger partial charge < -0.3 is 15.4 Å². The van der Waals surface area contributed by atoms with Crippen LogP contribution in [-0.2, 0) is 11.3 Å². The second-order valence-electron chi connectivity index (χ2n) is 5.24. The molecule has 1 aliphatic rings. The van der Waals surface area contributed by atoms with Gasteiger partial charge in [0, 0.05) is 13.1 Å². The Bertz CT molecular complexity index is 638. The monoisotopic (exact) mass is 300 g/mol. The van der Waals surface area contributed by atoms with Crippen LogP contribution in [0, 0.1) is 0 Å². The molecule has 0 radical (unpaired) electrons. The molecule has 0 bridgehead atoms. The van der Waals surface area contributed by atoms with Crippen LogP contribution >= 0.6 is 0 Å². The van der Waals surface area contributed by atoms with Crippen molar-refractivity contribution in [1.29, 1.82) is 0 Å². The number of ether oxygens (including phenoxy) is 1. The molecule has 2 heterocycles. The largest absolute Gasteiger partial charge is 0.375 e. The Balaban J connectivity index is 1.64. The van der Waals surface area contributed by atoms with Crippen LogP contribution in [0.3, 0.4) is 0 Å². The highest BCUT2D eigenvalue weighted by atomic mass is 16.5. The van der Waals surface area contributed by atoms with E-state index in [-0.39, 0.29) is 6.10 Å². The van der Waals surface area contributed by atoms with Gasteiger partial charge in [0.1, 0.15) is 12.9 Å². The van der Waals surface area contributed by atoms with Gasteiger partial charge in [-0.05, 0) is 19.1 Å². The molecule has 22 heavy (non-hydrogen) atoms. The minimum absolute atomic E-state index is 0.179. The van der Waals surface area contributed by atoms with Gasteiger partial charge in [0.05, 0.1) is 18.4 Å². The quantitative estimate of drug-likeness (QED) is 0.670. The lowest BCUT2D eigenvalue weighted by Crippen LogP contribution is -2.47. The SMILES string of the molecule is CC1CN(C(N)=NCc2ncn(-c3ccccc3)n2)CCO1. The normalized spacial score (nSPS) is 19.4. The zero-order valence-electron chi connectivity index (χ0n) is 12.6. The molecule has 0 amide bonds. The second kappa shape index (κ2) is 6.57. The fraction of sp³-hybridized carbons (Fsp3) is 0.400. The lowest BCUT2D eigenvalue weighted by atomic mass is 10.3. The smallest absolute Gasteiger partial charge is 0.191 e. The molecule has 2 aromatic rings. The summed E-state index contributed by atoms with van der Waals surface area (Å²) in [4.78, 5) is 10.7. The van der Waals surface area contributed by atoms with Crippen molar-refractivity contribution in [3.05, 3.63) is 42.5 Å². The highest BCUT2D eigenvalue weighted by Crippen LogP contribution is 2.06. The third kappa shape index (κ3) is 3.43. The van der Waals surface area contributed by atoms with Gasteiger partial charge in [0.15, 0.2) is 11.8 Å². The van der Waals surface area contributed by atoms with Gasteiger partial charge in [-0.2, -0.15) is 0 Å². The molecule has 0 aliphatic carbocycles. The summed E-state index contributed by atoms with van der Waals surface area (Å²) in [5, 5.41) is 4.41. The Labute approximate surface area is 129 Å². The number of rotatable bonds is 3. The van der Waals surface area contributed by atoms with Crippen molar-refractivity contribution in [2.75, 3.05) is 19.7 Å². The van der Waals surface area contributed by atoms with Crippen molar-refractivity contribution in [2.45, 2.75) is 19.6 Å². The minimum Gasteiger partial charge on any atom is -0.375 e. The average molecular weight is 300 g/mol. The Kier molecular flexibility index (Phi) is 4.34. The van der Waals surface area contributed by atoms with E-state index in [9.17, 15) is 0 Å². The molecule has 7 nitrogen and oxygen atoms in total. The van der Waals surface area contributed by atoms with E-state index in [0.717, 1.165) is 18.8 Å². The molecule has 1 aliphatic heterocycles. The molecule has 1 aromatic carbocycles. The maximum atomic E-state index is 6.03. The van der Waals surface area contributed by atoms with Gasteiger partial charge in [-0.15, -0.1) is 5.10 Å². The third-order valence-corrected chi connectivity index (χ3v) is 3.51. The van der Waals surface area contributed by atoms with E-state index in [2.05, 4.69) is 15.1 Å². The minimum atomic E-state index is 0.179. The number of benzene rings is 1. The lowest BCUT2D eigenvalue weighted by molar-refractivity contribution is 0.00528. The Morgan fingerprint density at radius 2 is 2.23 bits per heavy atom. The summed E-state index contributed by atoms with van der Waals surface area (Å²) >= 11 is 0. The van der Waals surface area contributed by atoms with E-state index in [1.165, 1.54) is 0 Å². The van der Waals surface area contributed by atoms with E-state index in [1.54, 1.807) is 11.0 Å². The maximum Gasteiger partial charge on any atom is 0.191 e. The van der Waals surface area contributed by atoms with Crippen LogP contribution in [0.15, 0.2) is 41.7 Å². The standard InChI is InChI=1S/C15H20N6O/c1-12-10-20(7-8-22-12)15(16)17-9-14-18-11-21(19-14)13-5-3-2-4-6-13/h2-6,11-12H,7-10H2,1H3,(H2,16,17). The number of nitrogens with zero attached hydrogens (tertiary/aromatic N) is 5. The van der Waals surface area contributed by atoms with E-state index >= 15 is 0 Å². The van der Waals surface area contributed by atoms with Crippen LogP contribution in [0.5, 0.6) is 0 Å². The van der Waals surface area contributed by atoms with Crippen LogP contribution in [0.4, 0.5) is 0 Å². The Morgan fingerprint density at radius 3 is 3.00 bits per heavy atom. The molecular weight excluding hydrogens is 280 g/mol. The summed E-state index contributed by atoms with van der Waals surface area (Å²) in [6.07, 6.45) is 1.87. The van der Waals surface area contributed by atoms with E-state index < -0.39 is 0 Å². The third-order valence-electron chi connectivity index (χ3n) is 3.51. The van der Waals surface area contributed by atoms with Gasteiger partial charge in [-0.1, -0.05) is 18.2 Å². The summed E-state index contributed by atoms with van der Waals surface area (Å²) in [6, 6.07) is 9.85. The molecule has 7 heteroatoms. The number of para-hydroxylation sites is 1. The number of hydrogen-bond acceptors (Lipinski definition) is 4. The van der Waals surface area contributed by atoms with Crippen LogP contribution < -0.4 is 5.73 Å². The van der Waals surface area contributed by atoms with Gasteiger partial charge in [0.2, 0.25) is 0 Å². The molecule has 0 saturated carbocycles. The fourth-order valence-electron chi connectivity index (χ4n) is 2.35. The summed E-state index contributed by atoms with van der Waals surface area (Å²) in [7, 11) is 0. The summed E-state index contributed by atoms with van der Waals surface area (Å²) in [6.45, 7) is 4.62. The topological polar surface area (TPSA) is 81.6 Å². The number of aromatic nitrogens is 3. The van der Waals surface area contributed by atoms with Gasteiger partial charge >= 0.3 is 0 Å². The highest BCUT2D eigenvalue weighted by molar-refractivity contribution is 5.78. The number of nitrogens with two attached hydrogens (primary N) is 1. The zero-order valence-corrected chi connectivity index (χ0v) is 12.6. The van der Waals surface area contributed by atoms with Gasteiger partial charge in [-0.3, -0.25) is 0 Å².